The Balaban J connectivity index is 2.94. The van der Waals surface area contributed by atoms with E-state index in [1.807, 2.05) is 13.8 Å². The fraction of sp³-hybridized carbons (Fsp3) is 0.467. The number of amides is 1. The van der Waals surface area contributed by atoms with Crippen molar-refractivity contribution in [3.05, 3.63) is 29.2 Å². The molecule has 0 saturated carbocycles. The molecule has 0 bridgehead atoms. The zero-order valence-corrected chi connectivity index (χ0v) is 13.0. The van der Waals surface area contributed by atoms with E-state index in [-0.39, 0.29) is 5.91 Å². The molecule has 1 rings (SSSR count). The molecule has 1 amide bonds. The first-order chi connectivity index (χ1) is 9.49. The number of thiophene rings is 1. The van der Waals surface area contributed by atoms with Gasteiger partial charge in [0.15, 0.2) is 0 Å². The van der Waals surface area contributed by atoms with Crippen molar-refractivity contribution < 1.29 is 14.3 Å². The van der Waals surface area contributed by atoms with Gasteiger partial charge in [0.25, 0.3) is 0 Å². The normalized spacial score (nSPS) is 10.4. The van der Waals surface area contributed by atoms with E-state index in [1.54, 1.807) is 19.1 Å². The minimum absolute atomic E-state index is 0.118. The number of carbonyl (C=O) groups is 2. The topological polar surface area (TPSA) is 55.4 Å². The van der Waals surface area contributed by atoms with Crippen LogP contribution in [0.5, 0.6) is 0 Å². The maximum Gasteiger partial charge on any atom is 0.341 e. The lowest BCUT2D eigenvalue weighted by atomic mass is 10.1. The summed E-state index contributed by atoms with van der Waals surface area (Å²) in [6.45, 7) is 9.75. The first kappa shape index (κ1) is 16.4. The molecule has 0 unspecified atom stereocenters. The van der Waals surface area contributed by atoms with Crippen molar-refractivity contribution in [1.82, 2.24) is 0 Å². The van der Waals surface area contributed by atoms with Gasteiger partial charge in [-0.2, -0.15) is 0 Å². The summed E-state index contributed by atoms with van der Waals surface area (Å²) in [6.07, 6.45) is 2.67. The van der Waals surface area contributed by atoms with Crippen LogP contribution in [-0.2, 0) is 9.53 Å². The molecule has 1 N–H and O–H groups in total. The summed E-state index contributed by atoms with van der Waals surface area (Å²) in [6, 6.07) is 1.80. The smallest absolute Gasteiger partial charge is 0.341 e. The van der Waals surface area contributed by atoms with Gasteiger partial charge in [-0.25, -0.2) is 4.79 Å². The molecule has 4 nitrogen and oxygen atoms in total. The Morgan fingerprint density at radius 1 is 1.50 bits per heavy atom. The molecule has 0 spiro atoms. The van der Waals surface area contributed by atoms with Crippen molar-refractivity contribution in [3.63, 3.8) is 0 Å². The fourth-order valence-corrected chi connectivity index (χ4v) is 2.64. The average Bonchev–Trinajstić information content (AvgIpc) is 2.80. The number of anilines is 1. The molecule has 0 fully saturated rings. The van der Waals surface area contributed by atoms with Gasteiger partial charge in [-0.15, -0.1) is 17.9 Å². The summed E-state index contributed by atoms with van der Waals surface area (Å²) in [5.74, 6) is -0.214. The highest BCUT2D eigenvalue weighted by molar-refractivity contribution is 7.16. The molecule has 1 heterocycles. The van der Waals surface area contributed by atoms with Crippen LogP contribution in [0.25, 0.3) is 0 Å². The van der Waals surface area contributed by atoms with Crippen LogP contribution in [0.4, 0.5) is 5.00 Å². The molecule has 0 aliphatic rings. The van der Waals surface area contributed by atoms with Gasteiger partial charge >= 0.3 is 5.97 Å². The SMILES string of the molecule is C=CCCC(=O)Nc1sc(C(C)C)cc1C(=O)OCC. The predicted molar refractivity (Wildman–Crippen MR) is 82.4 cm³/mol. The first-order valence-electron chi connectivity index (χ1n) is 6.71. The van der Waals surface area contributed by atoms with E-state index in [1.165, 1.54) is 11.3 Å². The van der Waals surface area contributed by atoms with Gasteiger partial charge in [-0.3, -0.25) is 4.79 Å². The molecule has 110 valence electrons. The molecule has 1 aromatic heterocycles. The van der Waals surface area contributed by atoms with Crippen molar-refractivity contribution in [2.75, 3.05) is 11.9 Å². The number of nitrogens with one attached hydrogen (secondary N) is 1. The van der Waals surface area contributed by atoms with Crippen LogP contribution in [0.15, 0.2) is 18.7 Å². The van der Waals surface area contributed by atoms with E-state index in [0.717, 1.165) is 4.88 Å². The largest absolute Gasteiger partial charge is 0.462 e. The Morgan fingerprint density at radius 3 is 2.75 bits per heavy atom. The number of carbonyl (C=O) groups excluding carboxylic acids is 2. The van der Waals surface area contributed by atoms with Gasteiger partial charge in [-0.1, -0.05) is 19.9 Å². The van der Waals surface area contributed by atoms with Crippen LogP contribution in [0.1, 0.15) is 54.8 Å². The monoisotopic (exact) mass is 295 g/mol. The van der Waals surface area contributed by atoms with E-state index >= 15 is 0 Å². The summed E-state index contributed by atoms with van der Waals surface area (Å²) in [5.41, 5.74) is 0.438. The van der Waals surface area contributed by atoms with Gasteiger partial charge in [0.1, 0.15) is 5.00 Å². The van der Waals surface area contributed by atoms with Crippen LogP contribution in [0.2, 0.25) is 0 Å². The molecule has 0 atom stereocenters. The van der Waals surface area contributed by atoms with Gasteiger partial charge < -0.3 is 10.1 Å². The molecule has 0 aliphatic heterocycles. The first-order valence-corrected chi connectivity index (χ1v) is 7.52. The molecule has 0 saturated heterocycles. The molecule has 0 aromatic carbocycles. The van der Waals surface area contributed by atoms with Crippen LogP contribution >= 0.6 is 11.3 Å². The number of allylic oxidation sites excluding steroid dienone is 1. The summed E-state index contributed by atoms with van der Waals surface area (Å²) in [7, 11) is 0. The van der Waals surface area contributed by atoms with Crippen LogP contribution in [0, 0.1) is 0 Å². The highest BCUT2D eigenvalue weighted by Gasteiger charge is 2.19. The third-order valence-electron chi connectivity index (χ3n) is 2.64. The second-order valence-corrected chi connectivity index (χ2v) is 5.73. The lowest BCUT2D eigenvalue weighted by molar-refractivity contribution is -0.116. The maximum absolute atomic E-state index is 11.9. The Kier molecular flexibility index (Phi) is 6.45. The number of rotatable bonds is 7. The van der Waals surface area contributed by atoms with E-state index in [0.29, 0.717) is 35.9 Å². The lowest BCUT2D eigenvalue weighted by Gasteiger charge is -2.05. The second kappa shape index (κ2) is 7.85. The van der Waals surface area contributed by atoms with Crippen molar-refractivity contribution in [3.8, 4) is 0 Å². The summed E-state index contributed by atoms with van der Waals surface area (Å²) in [5, 5.41) is 3.36. The van der Waals surface area contributed by atoms with Gasteiger partial charge in [-0.05, 0) is 25.3 Å². The highest BCUT2D eigenvalue weighted by Crippen LogP contribution is 2.33. The summed E-state index contributed by atoms with van der Waals surface area (Å²) >= 11 is 1.42. The van der Waals surface area contributed by atoms with E-state index in [4.69, 9.17) is 4.74 Å². The second-order valence-electron chi connectivity index (χ2n) is 4.64. The van der Waals surface area contributed by atoms with Crippen LogP contribution in [0.3, 0.4) is 0 Å². The highest BCUT2D eigenvalue weighted by atomic mass is 32.1. The molecule has 5 heteroatoms. The molecule has 0 aliphatic carbocycles. The standard InChI is InChI=1S/C15H21NO3S/c1-5-7-8-13(17)16-14-11(15(18)19-6-2)9-12(20-14)10(3)4/h5,9-10H,1,6-8H2,2-4H3,(H,16,17). The molecular weight excluding hydrogens is 274 g/mol. The Labute approximate surface area is 123 Å². The molecule has 1 aromatic rings. The Bertz CT molecular complexity index is 491. The quantitative estimate of drug-likeness (QED) is 0.612. The Morgan fingerprint density at radius 2 is 2.20 bits per heavy atom. The van der Waals surface area contributed by atoms with Gasteiger partial charge in [0.05, 0.1) is 12.2 Å². The Hall–Kier alpha value is -1.62. The minimum Gasteiger partial charge on any atom is -0.462 e. The van der Waals surface area contributed by atoms with E-state index < -0.39 is 5.97 Å². The lowest BCUT2D eigenvalue weighted by Crippen LogP contribution is -2.13. The van der Waals surface area contributed by atoms with Crippen molar-refractivity contribution in [1.29, 1.82) is 0 Å². The number of hydrogen-bond acceptors (Lipinski definition) is 4. The van der Waals surface area contributed by atoms with E-state index in [2.05, 4.69) is 11.9 Å². The van der Waals surface area contributed by atoms with Crippen LogP contribution in [-0.4, -0.2) is 18.5 Å². The van der Waals surface area contributed by atoms with Crippen LogP contribution < -0.4 is 5.32 Å². The molecular formula is C15H21NO3S. The minimum atomic E-state index is -0.394. The summed E-state index contributed by atoms with van der Waals surface area (Å²) in [4.78, 5) is 24.7. The van der Waals surface area contributed by atoms with Gasteiger partial charge in [0, 0.05) is 11.3 Å². The van der Waals surface area contributed by atoms with Crippen molar-refractivity contribution >= 4 is 28.2 Å². The van der Waals surface area contributed by atoms with Crippen molar-refractivity contribution in [2.24, 2.45) is 0 Å². The van der Waals surface area contributed by atoms with Crippen molar-refractivity contribution in [2.45, 2.75) is 39.5 Å². The fourth-order valence-electron chi connectivity index (χ4n) is 1.57. The molecule has 20 heavy (non-hydrogen) atoms. The number of hydrogen-bond donors (Lipinski definition) is 1. The predicted octanol–water partition coefficient (Wildman–Crippen LogP) is 3.95. The molecule has 0 radical (unpaired) electrons. The average molecular weight is 295 g/mol. The number of ether oxygens (including phenoxy) is 1. The zero-order chi connectivity index (χ0) is 15.1. The summed E-state index contributed by atoms with van der Waals surface area (Å²) < 4.78 is 5.02. The third-order valence-corrected chi connectivity index (χ3v) is 4.00. The number of esters is 1. The van der Waals surface area contributed by atoms with E-state index in [9.17, 15) is 9.59 Å². The third kappa shape index (κ3) is 4.49. The maximum atomic E-state index is 11.9. The van der Waals surface area contributed by atoms with Gasteiger partial charge in [0.2, 0.25) is 5.91 Å². The zero-order valence-electron chi connectivity index (χ0n) is 12.2.